The van der Waals surface area contributed by atoms with Gasteiger partial charge in [-0.1, -0.05) is 11.6 Å². The summed E-state index contributed by atoms with van der Waals surface area (Å²) in [5, 5.41) is 15.7. The number of carboxylic acids is 1. The third kappa shape index (κ3) is 3.10. The van der Waals surface area contributed by atoms with Gasteiger partial charge in [0, 0.05) is 23.7 Å². The van der Waals surface area contributed by atoms with E-state index in [2.05, 4.69) is 10.5 Å². The molecule has 0 unspecified atom stereocenters. The molecule has 2 aromatic rings. The summed E-state index contributed by atoms with van der Waals surface area (Å²) in [5.74, 6) is -0.491. The Balaban J connectivity index is 1.83. The number of aryl methyl sites for hydroxylation is 1. The van der Waals surface area contributed by atoms with Crippen LogP contribution in [-0.4, -0.2) is 29.2 Å². The standard InChI is InChI=1S/C17H18N2O5/c1-23-14-9-10(7-8-12(14)17(21)22)18-16(20)15-11-5-3-2-4-6-13(11)24-19-15/h7-9H,2-6H2,1H3,(H,18,20)(H,21,22). The van der Waals surface area contributed by atoms with Gasteiger partial charge in [0.05, 0.1) is 7.11 Å². The fourth-order valence-electron chi connectivity index (χ4n) is 2.88. The van der Waals surface area contributed by atoms with Crippen molar-refractivity contribution in [3.8, 4) is 5.75 Å². The van der Waals surface area contributed by atoms with Crippen LogP contribution in [0, 0.1) is 0 Å². The topological polar surface area (TPSA) is 102 Å². The summed E-state index contributed by atoms with van der Waals surface area (Å²) in [6.45, 7) is 0. The van der Waals surface area contributed by atoms with E-state index in [1.807, 2.05) is 0 Å². The third-order valence-electron chi connectivity index (χ3n) is 4.11. The van der Waals surface area contributed by atoms with Gasteiger partial charge in [-0.2, -0.15) is 0 Å². The number of methoxy groups -OCH3 is 1. The summed E-state index contributed by atoms with van der Waals surface area (Å²) >= 11 is 0. The molecule has 24 heavy (non-hydrogen) atoms. The molecule has 1 aromatic heterocycles. The van der Waals surface area contributed by atoms with Crippen LogP contribution in [0.5, 0.6) is 5.75 Å². The fraction of sp³-hybridized carbons (Fsp3) is 0.353. The maximum atomic E-state index is 12.5. The molecule has 0 spiro atoms. The quantitative estimate of drug-likeness (QED) is 0.836. The average Bonchev–Trinajstić information content (AvgIpc) is 2.83. The van der Waals surface area contributed by atoms with Gasteiger partial charge in [0.2, 0.25) is 0 Å². The molecule has 2 N–H and O–H groups in total. The van der Waals surface area contributed by atoms with Crippen molar-refractivity contribution in [2.45, 2.75) is 32.1 Å². The van der Waals surface area contributed by atoms with E-state index in [0.717, 1.165) is 43.4 Å². The summed E-state index contributed by atoms with van der Waals surface area (Å²) in [5.41, 5.74) is 1.64. The first-order valence-electron chi connectivity index (χ1n) is 7.80. The Kier molecular flexibility index (Phi) is 4.50. The van der Waals surface area contributed by atoms with Gasteiger partial charge in [-0.05, 0) is 31.4 Å². The van der Waals surface area contributed by atoms with Gasteiger partial charge < -0.3 is 19.7 Å². The predicted molar refractivity (Wildman–Crippen MR) is 85.7 cm³/mol. The zero-order valence-electron chi connectivity index (χ0n) is 13.3. The highest BCUT2D eigenvalue weighted by Gasteiger charge is 2.23. The molecule has 0 radical (unpaired) electrons. The lowest BCUT2D eigenvalue weighted by molar-refractivity contribution is 0.0693. The second-order valence-electron chi connectivity index (χ2n) is 5.67. The number of hydrogen-bond acceptors (Lipinski definition) is 5. The first-order chi connectivity index (χ1) is 11.6. The number of aromatic carboxylic acids is 1. The molecule has 0 aliphatic heterocycles. The Morgan fingerprint density at radius 3 is 2.79 bits per heavy atom. The molecule has 0 saturated heterocycles. The summed E-state index contributed by atoms with van der Waals surface area (Å²) in [6, 6.07) is 4.38. The van der Waals surface area contributed by atoms with Crippen molar-refractivity contribution >= 4 is 17.6 Å². The summed E-state index contributed by atoms with van der Waals surface area (Å²) < 4.78 is 10.4. The largest absolute Gasteiger partial charge is 0.496 e. The van der Waals surface area contributed by atoms with Crippen molar-refractivity contribution in [2.24, 2.45) is 0 Å². The molecule has 7 heteroatoms. The van der Waals surface area contributed by atoms with Crippen molar-refractivity contribution in [1.82, 2.24) is 5.16 Å². The summed E-state index contributed by atoms with van der Waals surface area (Å²) in [7, 11) is 1.38. The van der Waals surface area contributed by atoms with Gasteiger partial charge in [-0.3, -0.25) is 4.79 Å². The van der Waals surface area contributed by atoms with Gasteiger partial charge >= 0.3 is 5.97 Å². The summed E-state index contributed by atoms with van der Waals surface area (Å²) in [4.78, 5) is 23.6. The Morgan fingerprint density at radius 1 is 1.25 bits per heavy atom. The van der Waals surface area contributed by atoms with E-state index in [9.17, 15) is 9.59 Å². The number of amides is 1. The number of aromatic nitrogens is 1. The normalized spacial score (nSPS) is 13.7. The van der Waals surface area contributed by atoms with Gasteiger partial charge in [0.25, 0.3) is 5.91 Å². The first-order valence-corrected chi connectivity index (χ1v) is 7.80. The van der Waals surface area contributed by atoms with Crippen molar-refractivity contribution in [2.75, 3.05) is 12.4 Å². The Hall–Kier alpha value is -2.83. The summed E-state index contributed by atoms with van der Waals surface area (Å²) in [6.07, 6.45) is 4.74. The van der Waals surface area contributed by atoms with E-state index in [4.69, 9.17) is 14.4 Å². The Bertz CT molecular complexity index is 781. The number of carbonyl (C=O) groups is 2. The number of nitrogens with zero attached hydrogens (tertiary/aromatic N) is 1. The van der Waals surface area contributed by atoms with Crippen LogP contribution in [0.15, 0.2) is 22.7 Å². The molecule has 126 valence electrons. The molecule has 1 aromatic carbocycles. The Morgan fingerprint density at radius 2 is 2.04 bits per heavy atom. The number of carbonyl (C=O) groups excluding carboxylic acids is 1. The zero-order valence-corrected chi connectivity index (χ0v) is 13.3. The van der Waals surface area contributed by atoms with Crippen LogP contribution in [-0.2, 0) is 12.8 Å². The molecule has 1 amide bonds. The number of fused-ring (bicyclic) bond motifs is 1. The number of rotatable bonds is 4. The van der Waals surface area contributed by atoms with E-state index in [-0.39, 0.29) is 17.2 Å². The molecule has 1 aliphatic carbocycles. The smallest absolute Gasteiger partial charge is 0.339 e. The van der Waals surface area contributed by atoms with Gasteiger partial charge in [-0.15, -0.1) is 0 Å². The monoisotopic (exact) mass is 330 g/mol. The minimum atomic E-state index is -1.09. The second-order valence-corrected chi connectivity index (χ2v) is 5.67. The fourth-order valence-corrected chi connectivity index (χ4v) is 2.88. The van der Waals surface area contributed by atoms with Crippen molar-refractivity contribution in [3.05, 3.63) is 40.8 Å². The van der Waals surface area contributed by atoms with Gasteiger partial charge in [0.1, 0.15) is 17.1 Å². The third-order valence-corrected chi connectivity index (χ3v) is 4.11. The van der Waals surface area contributed by atoms with E-state index < -0.39 is 5.97 Å². The Labute approximate surface area is 138 Å². The van der Waals surface area contributed by atoms with E-state index >= 15 is 0 Å². The molecule has 0 bridgehead atoms. The molecular weight excluding hydrogens is 312 g/mol. The van der Waals surface area contributed by atoms with Crippen LogP contribution in [0.1, 0.15) is 51.4 Å². The molecule has 3 rings (SSSR count). The first kappa shape index (κ1) is 16.0. The number of nitrogens with one attached hydrogen (secondary N) is 1. The molecule has 0 fully saturated rings. The number of hydrogen-bond donors (Lipinski definition) is 2. The van der Waals surface area contributed by atoms with Crippen LogP contribution >= 0.6 is 0 Å². The zero-order chi connectivity index (χ0) is 17.1. The number of carboxylic acid groups (broad SMARTS) is 1. The molecule has 0 saturated carbocycles. The van der Waals surface area contributed by atoms with Crippen molar-refractivity contribution in [3.63, 3.8) is 0 Å². The van der Waals surface area contributed by atoms with Crippen LogP contribution < -0.4 is 10.1 Å². The maximum absolute atomic E-state index is 12.5. The van der Waals surface area contributed by atoms with Gasteiger partial charge in [0.15, 0.2) is 5.69 Å². The molecule has 1 heterocycles. The molecular formula is C17H18N2O5. The average molecular weight is 330 g/mol. The van der Waals surface area contributed by atoms with Crippen LogP contribution in [0.2, 0.25) is 0 Å². The predicted octanol–water partition coefficient (Wildman–Crippen LogP) is 2.90. The van der Waals surface area contributed by atoms with E-state index in [1.54, 1.807) is 0 Å². The molecule has 0 atom stereocenters. The van der Waals surface area contributed by atoms with E-state index in [1.165, 1.54) is 25.3 Å². The van der Waals surface area contributed by atoms with Crippen LogP contribution in [0.4, 0.5) is 5.69 Å². The van der Waals surface area contributed by atoms with Crippen LogP contribution in [0.3, 0.4) is 0 Å². The lowest BCUT2D eigenvalue weighted by Crippen LogP contribution is -2.15. The number of ether oxygens (including phenoxy) is 1. The van der Waals surface area contributed by atoms with Crippen molar-refractivity contribution < 1.29 is 24.0 Å². The minimum absolute atomic E-state index is 0.0331. The highest BCUT2D eigenvalue weighted by molar-refractivity contribution is 6.04. The second kappa shape index (κ2) is 6.74. The SMILES string of the molecule is COc1cc(NC(=O)c2noc3c2CCCCC3)ccc1C(=O)O. The van der Waals surface area contributed by atoms with Crippen LogP contribution in [0.25, 0.3) is 0 Å². The highest BCUT2D eigenvalue weighted by Crippen LogP contribution is 2.26. The molecule has 1 aliphatic rings. The molecule has 7 nitrogen and oxygen atoms in total. The number of benzene rings is 1. The minimum Gasteiger partial charge on any atom is -0.496 e. The van der Waals surface area contributed by atoms with E-state index in [0.29, 0.717) is 11.4 Å². The lowest BCUT2D eigenvalue weighted by atomic mass is 10.1. The lowest BCUT2D eigenvalue weighted by Gasteiger charge is -2.09. The number of anilines is 1. The highest BCUT2D eigenvalue weighted by atomic mass is 16.5. The maximum Gasteiger partial charge on any atom is 0.339 e. The van der Waals surface area contributed by atoms with Gasteiger partial charge in [-0.25, -0.2) is 4.79 Å². The van der Waals surface area contributed by atoms with Crippen molar-refractivity contribution in [1.29, 1.82) is 0 Å².